The minimum Gasteiger partial charge on any atom is -0.227 e. The van der Waals surface area contributed by atoms with Gasteiger partial charge in [-0.3, -0.25) is 0 Å². The Morgan fingerprint density at radius 1 is 1.26 bits per heavy atom. The summed E-state index contributed by atoms with van der Waals surface area (Å²) in [6, 6.07) is 11.0. The van der Waals surface area contributed by atoms with Crippen molar-refractivity contribution in [3.63, 3.8) is 0 Å². The molecular weight excluding hydrogens is 328 g/mol. The molecule has 0 saturated carbocycles. The van der Waals surface area contributed by atoms with E-state index in [2.05, 4.69) is 32.1 Å². The van der Waals surface area contributed by atoms with Crippen molar-refractivity contribution in [1.82, 2.24) is 14.6 Å². The van der Waals surface area contributed by atoms with E-state index in [9.17, 15) is 0 Å². The van der Waals surface area contributed by atoms with E-state index in [0.29, 0.717) is 16.4 Å². The van der Waals surface area contributed by atoms with E-state index in [1.807, 2.05) is 12.1 Å². The fourth-order valence-electron chi connectivity index (χ4n) is 1.76. The molecule has 92 valence electrons. The predicted octanol–water partition coefficient (Wildman–Crippen LogP) is 3.68. The third-order valence-corrected chi connectivity index (χ3v) is 3.52. The molecule has 6 heteroatoms. The highest BCUT2D eigenvalue weighted by Gasteiger charge is 2.09. The lowest BCUT2D eigenvalue weighted by Crippen LogP contribution is -1.94. The highest BCUT2D eigenvalue weighted by atomic mass is 79.9. The summed E-state index contributed by atoms with van der Waals surface area (Å²) in [5, 5.41) is 13.4. The SMILES string of the molecule is N#Cc1ccc(-c2cc(Cl)n3ncc(Br)c3n2)cc1. The van der Waals surface area contributed by atoms with E-state index in [-0.39, 0.29) is 0 Å². The summed E-state index contributed by atoms with van der Waals surface area (Å²) < 4.78 is 2.34. The molecule has 2 aromatic heterocycles. The fourth-order valence-corrected chi connectivity index (χ4v) is 2.34. The summed E-state index contributed by atoms with van der Waals surface area (Å²) in [6.45, 7) is 0. The van der Waals surface area contributed by atoms with Crippen molar-refractivity contribution in [1.29, 1.82) is 5.26 Å². The van der Waals surface area contributed by atoms with Crippen LogP contribution in [0.25, 0.3) is 16.9 Å². The zero-order valence-corrected chi connectivity index (χ0v) is 11.9. The second-order valence-electron chi connectivity index (χ2n) is 3.88. The van der Waals surface area contributed by atoms with Gasteiger partial charge in [-0.1, -0.05) is 23.7 Å². The van der Waals surface area contributed by atoms with Crippen LogP contribution in [0.15, 0.2) is 41.0 Å². The van der Waals surface area contributed by atoms with E-state index in [0.717, 1.165) is 15.7 Å². The summed E-state index contributed by atoms with van der Waals surface area (Å²) >= 11 is 9.55. The quantitative estimate of drug-likeness (QED) is 0.638. The standard InChI is InChI=1S/C13H6BrClN4/c14-10-7-17-19-12(15)5-11(18-13(10)19)9-3-1-8(6-16)2-4-9/h1-5,7H. The highest BCUT2D eigenvalue weighted by Crippen LogP contribution is 2.25. The average molecular weight is 334 g/mol. The van der Waals surface area contributed by atoms with Gasteiger partial charge in [-0.15, -0.1) is 0 Å². The molecule has 3 aromatic rings. The normalized spacial score (nSPS) is 10.6. The van der Waals surface area contributed by atoms with Gasteiger partial charge in [0.15, 0.2) is 5.65 Å². The fraction of sp³-hybridized carbons (Fsp3) is 0. The Morgan fingerprint density at radius 3 is 2.68 bits per heavy atom. The molecule has 0 N–H and O–H groups in total. The summed E-state index contributed by atoms with van der Waals surface area (Å²) in [4.78, 5) is 4.51. The number of aromatic nitrogens is 3. The predicted molar refractivity (Wildman–Crippen MR) is 75.8 cm³/mol. The third-order valence-electron chi connectivity index (χ3n) is 2.70. The van der Waals surface area contributed by atoms with Crippen LogP contribution >= 0.6 is 27.5 Å². The van der Waals surface area contributed by atoms with Crippen molar-refractivity contribution >= 4 is 33.2 Å². The molecule has 2 heterocycles. The van der Waals surface area contributed by atoms with Gasteiger partial charge in [0.2, 0.25) is 0 Å². The number of nitriles is 1. The highest BCUT2D eigenvalue weighted by molar-refractivity contribution is 9.10. The zero-order chi connectivity index (χ0) is 13.4. The molecule has 0 radical (unpaired) electrons. The molecule has 0 bridgehead atoms. The van der Waals surface area contributed by atoms with Crippen LogP contribution in [0.3, 0.4) is 0 Å². The molecule has 0 aliphatic rings. The summed E-state index contributed by atoms with van der Waals surface area (Å²) in [7, 11) is 0. The number of benzene rings is 1. The van der Waals surface area contributed by atoms with E-state index in [1.54, 1.807) is 28.9 Å². The van der Waals surface area contributed by atoms with Gasteiger partial charge in [0.05, 0.1) is 28.0 Å². The second-order valence-corrected chi connectivity index (χ2v) is 5.12. The lowest BCUT2D eigenvalue weighted by atomic mass is 10.1. The Balaban J connectivity index is 2.19. The number of hydrogen-bond donors (Lipinski definition) is 0. The van der Waals surface area contributed by atoms with Crippen molar-refractivity contribution in [2.75, 3.05) is 0 Å². The maximum Gasteiger partial charge on any atom is 0.171 e. The van der Waals surface area contributed by atoms with Crippen LogP contribution in [-0.2, 0) is 0 Å². The van der Waals surface area contributed by atoms with E-state index >= 15 is 0 Å². The minimum absolute atomic E-state index is 0.482. The van der Waals surface area contributed by atoms with Crippen molar-refractivity contribution in [3.05, 3.63) is 51.7 Å². The molecule has 0 spiro atoms. The lowest BCUT2D eigenvalue weighted by Gasteiger charge is -2.04. The van der Waals surface area contributed by atoms with Gasteiger partial charge >= 0.3 is 0 Å². The monoisotopic (exact) mass is 332 g/mol. The smallest absolute Gasteiger partial charge is 0.171 e. The van der Waals surface area contributed by atoms with Crippen LogP contribution in [0.4, 0.5) is 0 Å². The summed E-state index contributed by atoms with van der Waals surface area (Å²) in [5.74, 6) is 0. The molecule has 0 atom stereocenters. The van der Waals surface area contributed by atoms with Gasteiger partial charge in [0.25, 0.3) is 0 Å². The number of rotatable bonds is 1. The molecular formula is C13H6BrClN4. The van der Waals surface area contributed by atoms with Gasteiger partial charge in [-0.25, -0.2) is 9.50 Å². The Hall–Kier alpha value is -1.90. The van der Waals surface area contributed by atoms with Crippen LogP contribution in [0, 0.1) is 11.3 Å². The van der Waals surface area contributed by atoms with Crippen LogP contribution in [0.2, 0.25) is 5.15 Å². The Morgan fingerprint density at radius 2 is 2.00 bits per heavy atom. The van der Waals surface area contributed by atoms with E-state index in [4.69, 9.17) is 16.9 Å². The Kier molecular flexibility index (Phi) is 2.97. The van der Waals surface area contributed by atoms with Crippen LogP contribution in [-0.4, -0.2) is 14.6 Å². The molecule has 0 aliphatic heterocycles. The molecule has 0 unspecified atom stereocenters. The largest absolute Gasteiger partial charge is 0.227 e. The van der Waals surface area contributed by atoms with Gasteiger partial charge in [-0.2, -0.15) is 10.4 Å². The Bertz CT molecular complexity index is 802. The van der Waals surface area contributed by atoms with E-state index in [1.165, 1.54) is 0 Å². The maximum absolute atomic E-state index is 8.79. The molecule has 0 fully saturated rings. The first-order chi connectivity index (χ1) is 9.19. The summed E-state index contributed by atoms with van der Waals surface area (Å²) in [5.41, 5.74) is 2.91. The van der Waals surface area contributed by atoms with Gasteiger partial charge < -0.3 is 0 Å². The number of halogens is 2. The topological polar surface area (TPSA) is 54.0 Å². The molecule has 0 aliphatic carbocycles. The third kappa shape index (κ3) is 2.09. The van der Waals surface area contributed by atoms with Crippen molar-refractivity contribution < 1.29 is 0 Å². The summed E-state index contributed by atoms with van der Waals surface area (Å²) in [6.07, 6.45) is 1.65. The molecule has 3 rings (SSSR count). The molecule has 1 aromatic carbocycles. The maximum atomic E-state index is 8.79. The van der Waals surface area contributed by atoms with Gasteiger partial charge in [0, 0.05) is 11.6 Å². The van der Waals surface area contributed by atoms with Crippen molar-refractivity contribution in [2.24, 2.45) is 0 Å². The first-order valence-corrected chi connectivity index (χ1v) is 6.56. The zero-order valence-electron chi connectivity index (χ0n) is 9.51. The number of nitrogens with zero attached hydrogens (tertiary/aromatic N) is 4. The lowest BCUT2D eigenvalue weighted by molar-refractivity contribution is 0.942. The van der Waals surface area contributed by atoms with Crippen molar-refractivity contribution in [2.45, 2.75) is 0 Å². The number of fused-ring (bicyclic) bond motifs is 1. The number of hydrogen-bond acceptors (Lipinski definition) is 3. The second kappa shape index (κ2) is 4.65. The van der Waals surface area contributed by atoms with Gasteiger partial charge in [0.1, 0.15) is 5.15 Å². The first kappa shape index (κ1) is 12.2. The van der Waals surface area contributed by atoms with E-state index < -0.39 is 0 Å². The van der Waals surface area contributed by atoms with Crippen LogP contribution in [0.5, 0.6) is 0 Å². The van der Waals surface area contributed by atoms with Gasteiger partial charge in [-0.05, 0) is 28.1 Å². The molecule has 4 nitrogen and oxygen atoms in total. The minimum atomic E-state index is 0.482. The first-order valence-electron chi connectivity index (χ1n) is 5.39. The average Bonchev–Trinajstić information content (AvgIpc) is 2.81. The molecule has 0 saturated heterocycles. The van der Waals surface area contributed by atoms with Crippen molar-refractivity contribution in [3.8, 4) is 17.3 Å². The molecule has 19 heavy (non-hydrogen) atoms. The van der Waals surface area contributed by atoms with Crippen LogP contribution in [0.1, 0.15) is 5.56 Å². The van der Waals surface area contributed by atoms with Crippen LogP contribution < -0.4 is 0 Å². The Labute approximate surface area is 122 Å². The molecule has 0 amide bonds.